The third-order valence-electron chi connectivity index (χ3n) is 5.92. The molecule has 5 rings (SSSR count). The molecular weight excluding hydrogens is 401 g/mol. The molecule has 6 heteroatoms. The standard InChI is InChI=1S/C26H26FN5/c1-17-6-4-8-20(30-17)16-29-26-22-12-11-18(21-9-2-3-10-23(21)27)14-24(22)31-25(32-26)19-7-5-13-28-15-19/h2-10,12-14,18,26,28-29H,11,15-16H2,1H3,(H,31,32). The summed E-state index contributed by atoms with van der Waals surface area (Å²) >= 11 is 0. The first-order chi connectivity index (χ1) is 15.7. The highest BCUT2D eigenvalue weighted by Crippen LogP contribution is 2.35. The molecule has 0 amide bonds. The molecule has 0 saturated heterocycles. The molecule has 3 aliphatic rings. The number of hydrogen-bond acceptors (Lipinski definition) is 5. The number of aryl methyl sites for hydroxylation is 1. The van der Waals surface area contributed by atoms with Crippen molar-refractivity contribution in [3.05, 3.63) is 113 Å². The maximum Gasteiger partial charge on any atom is 0.133 e. The first kappa shape index (κ1) is 20.4. The number of benzene rings is 1. The Morgan fingerprint density at radius 1 is 1.16 bits per heavy atom. The van der Waals surface area contributed by atoms with Gasteiger partial charge in [-0.25, -0.2) is 9.38 Å². The Hall–Kier alpha value is -3.51. The quantitative estimate of drug-likeness (QED) is 0.675. The number of nitrogens with zero attached hydrogens (tertiary/aromatic N) is 2. The van der Waals surface area contributed by atoms with Crippen LogP contribution in [0, 0.1) is 12.7 Å². The van der Waals surface area contributed by atoms with Gasteiger partial charge in [-0.05, 0) is 49.4 Å². The lowest BCUT2D eigenvalue weighted by atomic mass is 9.86. The van der Waals surface area contributed by atoms with Gasteiger partial charge in [-0.2, -0.15) is 0 Å². The van der Waals surface area contributed by atoms with Crippen molar-refractivity contribution in [3.8, 4) is 0 Å². The maximum absolute atomic E-state index is 14.4. The van der Waals surface area contributed by atoms with Crippen molar-refractivity contribution in [1.29, 1.82) is 0 Å². The van der Waals surface area contributed by atoms with Crippen molar-refractivity contribution in [3.63, 3.8) is 0 Å². The molecule has 1 aromatic carbocycles. The van der Waals surface area contributed by atoms with Crippen molar-refractivity contribution in [1.82, 2.24) is 20.9 Å². The van der Waals surface area contributed by atoms with Crippen LogP contribution in [-0.4, -0.2) is 23.5 Å². The number of aromatic nitrogens is 1. The Kier molecular flexibility index (Phi) is 5.69. The lowest BCUT2D eigenvalue weighted by Gasteiger charge is -2.33. The number of pyridine rings is 1. The number of rotatable bonds is 5. The van der Waals surface area contributed by atoms with Gasteiger partial charge in [-0.15, -0.1) is 0 Å². The van der Waals surface area contributed by atoms with Gasteiger partial charge >= 0.3 is 0 Å². The third kappa shape index (κ3) is 4.27. The predicted molar refractivity (Wildman–Crippen MR) is 125 cm³/mol. The molecule has 0 saturated carbocycles. The highest BCUT2D eigenvalue weighted by atomic mass is 19.1. The van der Waals surface area contributed by atoms with E-state index < -0.39 is 0 Å². The number of allylic oxidation sites excluding steroid dienone is 4. The molecule has 1 aliphatic carbocycles. The first-order valence-corrected chi connectivity index (χ1v) is 10.9. The summed E-state index contributed by atoms with van der Waals surface area (Å²) in [4.78, 5) is 9.54. The largest absolute Gasteiger partial charge is 0.387 e. The Labute approximate surface area is 187 Å². The Balaban J connectivity index is 1.45. The Morgan fingerprint density at radius 2 is 2.06 bits per heavy atom. The number of halogens is 1. The van der Waals surface area contributed by atoms with Crippen molar-refractivity contribution in [2.45, 2.75) is 32.0 Å². The predicted octanol–water partition coefficient (Wildman–Crippen LogP) is 3.99. The number of dihydropyridines is 1. The molecule has 2 aromatic rings. The lowest BCUT2D eigenvalue weighted by Crippen LogP contribution is -2.50. The SMILES string of the molecule is Cc1cccc(CNC2NC(C3=CC=CNC3)=NC3=CC(c4ccccc4F)CC=C32)n1. The smallest absolute Gasteiger partial charge is 0.133 e. The minimum absolute atomic E-state index is 0.0319. The van der Waals surface area contributed by atoms with Crippen LogP contribution < -0.4 is 16.0 Å². The minimum atomic E-state index is -0.172. The second kappa shape index (κ2) is 8.93. The number of aliphatic imine (C=N–C) groups is 1. The molecule has 1 aromatic heterocycles. The van der Waals surface area contributed by atoms with Gasteiger partial charge in [0.25, 0.3) is 0 Å². The molecule has 0 fully saturated rings. The average molecular weight is 428 g/mol. The van der Waals surface area contributed by atoms with E-state index in [-0.39, 0.29) is 17.9 Å². The summed E-state index contributed by atoms with van der Waals surface area (Å²) < 4.78 is 14.4. The molecule has 162 valence electrons. The number of amidine groups is 1. The monoisotopic (exact) mass is 427 g/mol. The van der Waals surface area contributed by atoms with E-state index in [9.17, 15) is 4.39 Å². The van der Waals surface area contributed by atoms with Crippen LogP contribution in [0.5, 0.6) is 0 Å². The van der Waals surface area contributed by atoms with Crippen LogP contribution in [-0.2, 0) is 6.54 Å². The number of nitrogens with one attached hydrogen (secondary N) is 3. The fraction of sp³-hybridized carbons (Fsp3) is 0.231. The zero-order chi connectivity index (χ0) is 21.9. The van der Waals surface area contributed by atoms with E-state index in [1.54, 1.807) is 6.07 Å². The molecule has 0 spiro atoms. The number of hydrogen-bond donors (Lipinski definition) is 3. The van der Waals surface area contributed by atoms with Gasteiger partial charge in [0.2, 0.25) is 0 Å². The fourth-order valence-corrected chi connectivity index (χ4v) is 4.29. The molecule has 5 nitrogen and oxygen atoms in total. The summed E-state index contributed by atoms with van der Waals surface area (Å²) in [6.45, 7) is 3.33. The molecule has 0 radical (unpaired) electrons. The van der Waals surface area contributed by atoms with Gasteiger partial charge in [-0.3, -0.25) is 10.3 Å². The zero-order valence-electron chi connectivity index (χ0n) is 18.0. The van der Waals surface area contributed by atoms with E-state index in [2.05, 4.69) is 39.2 Å². The molecular formula is C26H26FN5. The maximum atomic E-state index is 14.4. The van der Waals surface area contributed by atoms with E-state index in [0.29, 0.717) is 18.7 Å². The average Bonchev–Trinajstić information content (AvgIpc) is 2.83. The molecule has 3 heterocycles. The van der Waals surface area contributed by atoms with Crippen molar-refractivity contribution >= 4 is 5.84 Å². The van der Waals surface area contributed by atoms with E-state index in [1.165, 1.54) is 6.07 Å². The summed E-state index contributed by atoms with van der Waals surface area (Å²) in [5.41, 5.74) is 5.76. The van der Waals surface area contributed by atoms with Gasteiger partial charge in [0.1, 0.15) is 17.8 Å². The molecule has 0 bridgehead atoms. The summed E-state index contributed by atoms with van der Waals surface area (Å²) in [6, 6.07) is 13.0. The van der Waals surface area contributed by atoms with Gasteiger partial charge in [0.15, 0.2) is 0 Å². The number of fused-ring (bicyclic) bond motifs is 1. The van der Waals surface area contributed by atoms with Crippen molar-refractivity contribution in [2.24, 2.45) is 4.99 Å². The third-order valence-corrected chi connectivity index (χ3v) is 5.92. The fourth-order valence-electron chi connectivity index (χ4n) is 4.29. The van der Waals surface area contributed by atoms with Crippen LogP contribution in [0.1, 0.15) is 29.3 Å². The second-order valence-corrected chi connectivity index (χ2v) is 8.20. The van der Waals surface area contributed by atoms with Crippen LogP contribution in [0.3, 0.4) is 0 Å². The van der Waals surface area contributed by atoms with Gasteiger partial charge in [0, 0.05) is 35.8 Å². The normalized spacial score (nSPS) is 21.9. The molecule has 32 heavy (non-hydrogen) atoms. The lowest BCUT2D eigenvalue weighted by molar-refractivity contribution is 0.522. The van der Waals surface area contributed by atoms with Gasteiger partial charge in [-0.1, -0.05) is 42.5 Å². The van der Waals surface area contributed by atoms with Crippen LogP contribution in [0.25, 0.3) is 0 Å². The second-order valence-electron chi connectivity index (χ2n) is 8.20. The van der Waals surface area contributed by atoms with E-state index in [1.807, 2.05) is 49.5 Å². The minimum Gasteiger partial charge on any atom is -0.387 e. The van der Waals surface area contributed by atoms with Crippen LogP contribution in [0.2, 0.25) is 0 Å². The highest BCUT2D eigenvalue weighted by molar-refractivity contribution is 6.01. The summed E-state index contributed by atoms with van der Waals surface area (Å²) in [7, 11) is 0. The summed E-state index contributed by atoms with van der Waals surface area (Å²) in [6.07, 6.45) is 10.9. The Morgan fingerprint density at radius 3 is 2.88 bits per heavy atom. The van der Waals surface area contributed by atoms with Gasteiger partial charge in [0.05, 0.1) is 11.4 Å². The van der Waals surface area contributed by atoms with Crippen molar-refractivity contribution in [2.75, 3.05) is 6.54 Å². The van der Waals surface area contributed by atoms with E-state index in [4.69, 9.17) is 4.99 Å². The van der Waals surface area contributed by atoms with Crippen LogP contribution in [0.4, 0.5) is 4.39 Å². The van der Waals surface area contributed by atoms with E-state index >= 15 is 0 Å². The molecule has 3 N–H and O–H groups in total. The zero-order valence-corrected chi connectivity index (χ0v) is 18.0. The van der Waals surface area contributed by atoms with Crippen LogP contribution >= 0.6 is 0 Å². The molecule has 2 aliphatic heterocycles. The van der Waals surface area contributed by atoms with Gasteiger partial charge < -0.3 is 10.6 Å². The topological polar surface area (TPSA) is 61.3 Å². The summed E-state index contributed by atoms with van der Waals surface area (Å²) in [5.74, 6) is 0.624. The molecule has 2 unspecified atom stereocenters. The summed E-state index contributed by atoms with van der Waals surface area (Å²) in [5, 5.41) is 10.4. The first-order valence-electron chi connectivity index (χ1n) is 10.9. The Bertz CT molecular complexity index is 1170. The highest BCUT2D eigenvalue weighted by Gasteiger charge is 2.29. The van der Waals surface area contributed by atoms with Crippen LogP contribution in [0.15, 0.2) is 94.8 Å². The van der Waals surface area contributed by atoms with Crippen molar-refractivity contribution < 1.29 is 4.39 Å². The molecule has 2 atom stereocenters. The van der Waals surface area contributed by atoms with E-state index in [0.717, 1.165) is 40.5 Å².